The standard InChI is InChI=1S/C20H19FN2O3/c1-12(14-6-4-5-7-18(14)26-3)22-20(25)16-11-23(2)17-9-8-13(21)10-15(17)19(16)24/h4-12H,1-3H3,(H,22,25). The first kappa shape index (κ1) is 17.7. The molecule has 26 heavy (non-hydrogen) atoms. The normalized spacial score (nSPS) is 12.0. The number of pyridine rings is 1. The van der Waals surface area contributed by atoms with Crippen molar-refractivity contribution in [2.24, 2.45) is 7.05 Å². The fourth-order valence-electron chi connectivity index (χ4n) is 3.00. The summed E-state index contributed by atoms with van der Waals surface area (Å²) < 4.78 is 20.5. The molecule has 0 aliphatic carbocycles. The van der Waals surface area contributed by atoms with Gasteiger partial charge in [-0.15, -0.1) is 0 Å². The van der Waals surface area contributed by atoms with E-state index in [0.717, 1.165) is 11.6 Å². The van der Waals surface area contributed by atoms with Gasteiger partial charge in [-0.05, 0) is 31.2 Å². The van der Waals surface area contributed by atoms with Crippen LogP contribution in [0.25, 0.3) is 10.9 Å². The van der Waals surface area contributed by atoms with Gasteiger partial charge in [0.2, 0.25) is 5.43 Å². The molecule has 1 atom stereocenters. The molecule has 3 rings (SSSR count). The average molecular weight is 354 g/mol. The molecule has 0 saturated heterocycles. The van der Waals surface area contributed by atoms with Crippen LogP contribution >= 0.6 is 0 Å². The smallest absolute Gasteiger partial charge is 0.257 e. The van der Waals surface area contributed by atoms with E-state index in [9.17, 15) is 14.0 Å². The predicted molar refractivity (Wildman–Crippen MR) is 98.0 cm³/mol. The monoisotopic (exact) mass is 354 g/mol. The molecule has 1 amide bonds. The highest BCUT2D eigenvalue weighted by Gasteiger charge is 2.19. The molecule has 0 radical (unpaired) electrons. The Morgan fingerprint density at radius 1 is 1.23 bits per heavy atom. The third kappa shape index (κ3) is 3.18. The molecule has 2 aromatic carbocycles. The van der Waals surface area contributed by atoms with Crippen LogP contribution in [0.2, 0.25) is 0 Å². The number of carbonyl (C=O) groups is 1. The fraction of sp³-hybridized carbons (Fsp3) is 0.200. The quantitative estimate of drug-likeness (QED) is 0.783. The molecule has 3 aromatic rings. The van der Waals surface area contributed by atoms with Gasteiger partial charge in [-0.2, -0.15) is 0 Å². The Morgan fingerprint density at radius 2 is 1.96 bits per heavy atom. The summed E-state index contributed by atoms with van der Waals surface area (Å²) >= 11 is 0. The number of fused-ring (bicyclic) bond motifs is 1. The van der Waals surface area contributed by atoms with Gasteiger partial charge in [-0.25, -0.2) is 4.39 Å². The van der Waals surface area contributed by atoms with Gasteiger partial charge >= 0.3 is 0 Å². The van der Waals surface area contributed by atoms with E-state index in [1.54, 1.807) is 31.7 Å². The number of aromatic nitrogens is 1. The molecule has 1 heterocycles. The maximum absolute atomic E-state index is 13.5. The number of benzene rings is 2. The van der Waals surface area contributed by atoms with Crippen molar-refractivity contribution < 1.29 is 13.9 Å². The number of halogens is 1. The Bertz CT molecular complexity index is 1040. The number of nitrogens with zero attached hydrogens (tertiary/aromatic N) is 1. The summed E-state index contributed by atoms with van der Waals surface area (Å²) in [4.78, 5) is 25.3. The molecule has 1 N–H and O–H groups in total. The maximum atomic E-state index is 13.5. The lowest BCUT2D eigenvalue weighted by atomic mass is 10.1. The van der Waals surface area contributed by atoms with Crippen LogP contribution in [0.15, 0.2) is 53.5 Å². The Balaban J connectivity index is 1.98. The Morgan fingerprint density at radius 3 is 2.69 bits per heavy atom. The summed E-state index contributed by atoms with van der Waals surface area (Å²) in [6.45, 7) is 1.81. The first-order valence-corrected chi connectivity index (χ1v) is 8.15. The largest absolute Gasteiger partial charge is 0.496 e. The molecule has 0 aliphatic heterocycles. The van der Waals surface area contributed by atoms with E-state index in [1.807, 2.05) is 18.2 Å². The van der Waals surface area contributed by atoms with E-state index in [0.29, 0.717) is 11.3 Å². The highest BCUT2D eigenvalue weighted by molar-refractivity contribution is 5.97. The molecule has 5 nitrogen and oxygen atoms in total. The first-order valence-electron chi connectivity index (χ1n) is 8.15. The molecular formula is C20H19FN2O3. The Hall–Kier alpha value is -3.15. The van der Waals surface area contributed by atoms with Crippen molar-refractivity contribution in [2.45, 2.75) is 13.0 Å². The van der Waals surface area contributed by atoms with Gasteiger partial charge in [-0.1, -0.05) is 18.2 Å². The minimum atomic E-state index is -0.519. The van der Waals surface area contributed by atoms with Gasteiger partial charge in [0.1, 0.15) is 17.1 Å². The highest BCUT2D eigenvalue weighted by atomic mass is 19.1. The van der Waals surface area contributed by atoms with Crippen LogP contribution in [0.4, 0.5) is 4.39 Å². The van der Waals surface area contributed by atoms with E-state index in [1.165, 1.54) is 18.3 Å². The summed E-state index contributed by atoms with van der Waals surface area (Å²) in [5.41, 5.74) is 0.826. The summed E-state index contributed by atoms with van der Waals surface area (Å²) in [5.74, 6) is -0.390. The number of aryl methyl sites for hydroxylation is 1. The average Bonchev–Trinajstić information content (AvgIpc) is 2.64. The van der Waals surface area contributed by atoms with Crippen molar-refractivity contribution >= 4 is 16.8 Å². The van der Waals surface area contributed by atoms with E-state index in [4.69, 9.17) is 4.74 Å². The molecule has 0 aliphatic rings. The van der Waals surface area contributed by atoms with Crippen LogP contribution in [0, 0.1) is 5.82 Å². The lowest BCUT2D eigenvalue weighted by molar-refractivity contribution is 0.0938. The number of hydrogen-bond donors (Lipinski definition) is 1. The van der Waals surface area contributed by atoms with Gasteiger partial charge in [0.05, 0.1) is 18.7 Å². The third-order valence-electron chi connectivity index (χ3n) is 4.35. The number of methoxy groups -OCH3 is 1. The number of ether oxygens (including phenoxy) is 1. The van der Waals surface area contributed by atoms with E-state index in [2.05, 4.69) is 5.32 Å². The number of hydrogen-bond acceptors (Lipinski definition) is 3. The van der Waals surface area contributed by atoms with Gasteiger partial charge in [0.15, 0.2) is 0 Å². The second kappa shape index (κ2) is 7.00. The molecule has 0 saturated carbocycles. The molecule has 1 aromatic heterocycles. The number of amides is 1. The lowest BCUT2D eigenvalue weighted by Crippen LogP contribution is -2.31. The summed E-state index contributed by atoms with van der Waals surface area (Å²) in [7, 11) is 3.26. The van der Waals surface area contributed by atoms with Gasteiger partial charge in [0, 0.05) is 24.2 Å². The Kier molecular flexibility index (Phi) is 4.75. The minimum absolute atomic E-state index is 0.0349. The molecule has 6 heteroatoms. The predicted octanol–water partition coefficient (Wildman–Crippen LogP) is 3.18. The zero-order valence-electron chi connectivity index (χ0n) is 14.7. The van der Waals surface area contributed by atoms with Crippen LogP contribution in [0.5, 0.6) is 5.75 Å². The lowest BCUT2D eigenvalue weighted by Gasteiger charge is -2.17. The van der Waals surface area contributed by atoms with Crippen LogP contribution < -0.4 is 15.5 Å². The molecular weight excluding hydrogens is 335 g/mol. The second-order valence-corrected chi connectivity index (χ2v) is 6.08. The van der Waals surface area contributed by atoms with Crippen molar-refractivity contribution in [2.75, 3.05) is 7.11 Å². The SMILES string of the molecule is COc1ccccc1C(C)NC(=O)c1cn(C)c2ccc(F)cc2c1=O. The summed E-state index contributed by atoms with van der Waals surface area (Å²) in [6.07, 6.45) is 1.47. The van der Waals surface area contributed by atoms with Crippen LogP contribution in [-0.2, 0) is 7.05 Å². The maximum Gasteiger partial charge on any atom is 0.257 e. The van der Waals surface area contributed by atoms with Crippen molar-refractivity contribution in [1.82, 2.24) is 9.88 Å². The molecule has 1 unspecified atom stereocenters. The van der Waals surface area contributed by atoms with Crippen molar-refractivity contribution in [1.29, 1.82) is 0 Å². The Labute approximate surface area is 150 Å². The highest BCUT2D eigenvalue weighted by Crippen LogP contribution is 2.24. The summed E-state index contributed by atoms with van der Waals surface area (Å²) in [5, 5.41) is 2.98. The molecule has 0 bridgehead atoms. The van der Waals surface area contributed by atoms with E-state index in [-0.39, 0.29) is 17.0 Å². The van der Waals surface area contributed by atoms with Gasteiger partial charge in [0.25, 0.3) is 5.91 Å². The molecule has 134 valence electrons. The van der Waals surface area contributed by atoms with Gasteiger partial charge < -0.3 is 14.6 Å². The molecule has 0 fully saturated rings. The zero-order valence-corrected chi connectivity index (χ0v) is 14.7. The number of carbonyl (C=O) groups excluding carboxylic acids is 1. The first-order chi connectivity index (χ1) is 12.4. The van der Waals surface area contributed by atoms with Crippen molar-refractivity contribution in [3.05, 3.63) is 75.8 Å². The fourth-order valence-corrected chi connectivity index (χ4v) is 3.00. The zero-order chi connectivity index (χ0) is 18.8. The van der Waals surface area contributed by atoms with Crippen molar-refractivity contribution in [3.8, 4) is 5.75 Å². The van der Waals surface area contributed by atoms with E-state index < -0.39 is 17.2 Å². The molecule has 0 spiro atoms. The van der Waals surface area contributed by atoms with Crippen LogP contribution in [0.3, 0.4) is 0 Å². The number of rotatable bonds is 4. The number of nitrogens with one attached hydrogen (secondary N) is 1. The minimum Gasteiger partial charge on any atom is -0.496 e. The summed E-state index contributed by atoms with van der Waals surface area (Å²) in [6, 6.07) is 10.9. The third-order valence-corrected chi connectivity index (χ3v) is 4.35. The topological polar surface area (TPSA) is 60.3 Å². The van der Waals surface area contributed by atoms with E-state index >= 15 is 0 Å². The van der Waals surface area contributed by atoms with Gasteiger partial charge in [-0.3, -0.25) is 9.59 Å². The van der Waals surface area contributed by atoms with Crippen molar-refractivity contribution in [3.63, 3.8) is 0 Å². The number of para-hydroxylation sites is 1. The van der Waals surface area contributed by atoms with Crippen LogP contribution in [0.1, 0.15) is 28.9 Å². The second-order valence-electron chi connectivity index (χ2n) is 6.08. The van der Waals surface area contributed by atoms with Crippen LogP contribution in [-0.4, -0.2) is 17.6 Å².